The number of aryl methyl sites for hydroxylation is 1. The molecule has 4 rings (SSSR count). The first-order chi connectivity index (χ1) is 14.7. The molecule has 6 nitrogen and oxygen atoms in total. The van der Waals surface area contributed by atoms with E-state index in [2.05, 4.69) is 38.4 Å². The molecule has 0 saturated heterocycles. The molecule has 1 aromatic heterocycles. The summed E-state index contributed by atoms with van der Waals surface area (Å²) in [6.45, 7) is 0.908. The Morgan fingerprint density at radius 2 is 2.00 bits per heavy atom. The maximum absolute atomic E-state index is 12.2. The lowest BCUT2D eigenvalue weighted by atomic mass is 9.95. The van der Waals surface area contributed by atoms with E-state index in [0.717, 1.165) is 47.1 Å². The van der Waals surface area contributed by atoms with Gasteiger partial charge in [0.15, 0.2) is 0 Å². The summed E-state index contributed by atoms with van der Waals surface area (Å²) >= 11 is 0. The fourth-order valence-electron chi connectivity index (χ4n) is 4.03. The van der Waals surface area contributed by atoms with Crippen LogP contribution < -0.4 is 16.0 Å². The summed E-state index contributed by atoms with van der Waals surface area (Å²) in [5.74, 6) is -0.103. The van der Waals surface area contributed by atoms with Crippen LogP contribution in [0.1, 0.15) is 27.9 Å². The average Bonchev–Trinajstić information content (AvgIpc) is 2.80. The van der Waals surface area contributed by atoms with Gasteiger partial charge in [-0.3, -0.25) is 14.8 Å². The quantitative estimate of drug-likeness (QED) is 0.656. The van der Waals surface area contributed by atoms with Gasteiger partial charge in [-0.15, -0.1) is 0 Å². The highest BCUT2D eigenvalue weighted by Crippen LogP contribution is 2.38. The number of pyridine rings is 1. The highest BCUT2D eigenvalue weighted by molar-refractivity contribution is 6.10. The van der Waals surface area contributed by atoms with Gasteiger partial charge >= 0.3 is 0 Å². The van der Waals surface area contributed by atoms with Gasteiger partial charge in [-0.2, -0.15) is 0 Å². The average molecular weight is 399 g/mol. The van der Waals surface area contributed by atoms with E-state index >= 15 is 0 Å². The summed E-state index contributed by atoms with van der Waals surface area (Å²) in [4.78, 5) is 23.1. The number of fused-ring (bicyclic) bond motifs is 2. The molecule has 3 N–H and O–H groups in total. The van der Waals surface area contributed by atoms with E-state index in [4.69, 9.17) is 5.73 Å². The maximum atomic E-state index is 12.2. The second-order valence-electron chi connectivity index (χ2n) is 7.25. The van der Waals surface area contributed by atoms with Crippen LogP contribution in [-0.4, -0.2) is 37.7 Å². The monoisotopic (exact) mass is 399 g/mol. The first-order valence-corrected chi connectivity index (χ1v) is 10.0. The summed E-state index contributed by atoms with van der Waals surface area (Å²) in [5, 5.41) is 3.66. The summed E-state index contributed by atoms with van der Waals surface area (Å²) in [6, 6.07) is 14.1. The number of nitrogens with two attached hydrogens (primary N) is 1. The Kier molecular flexibility index (Phi) is 5.48. The van der Waals surface area contributed by atoms with Gasteiger partial charge in [0.1, 0.15) is 0 Å². The highest BCUT2D eigenvalue weighted by Gasteiger charge is 2.21. The molecule has 0 aliphatic carbocycles. The predicted octanol–water partition coefficient (Wildman–Crippen LogP) is 3.68. The highest BCUT2D eigenvalue weighted by atomic mass is 16.1. The molecule has 0 bridgehead atoms. The predicted molar refractivity (Wildman–Crippen MR) is 123 cm³/mol. The van der Waals surface area contributed by atoms with Crippen molar-refractivity contribution in [3.05, 3.63) is 71.6 Å². The fourth-order valence-corrected chi connectivity index (χ4v) is 4.03. The summed E-state index contributed by atoms with van der Waals surface area (Å²) in [7, 11) is 3.38. The van der Waals surface area contributed by atoms with Crippen molar-refractivity contribution in [1.29, 1.82) is 0 Å². The van der Waals surface area contributed by atoms with Crippen molar-refractivity contribution in [3.8, 4) is 0 Å². The number of carbonyl (C=O) groups is 1. The van der Waals surface area contributed by atoms with Gasteiger partial charge in [0.2, 0.25) is 0 Å². The summed E-state index contributed by atoms with van der Waals surface area (Å²) in [5.41, 5.74) is 12.8. The number of anilines is 2. The topological polar surface area (TPSA) is 83.6 Å². The van der Waals surface area contributed by atoms with E-state index in [-0.39, 0.29) is 5.91 Å². The second-order valence-corrected chi connectivity index (χ2v) is 7.25. The molecule has 30 heavy (non-hydrogen) atoms. The maximum Gasteiger partial charge on any atom is 0.251 e. The minimum Gasteiger partial charge on any atom is -0.404 e. The molecule has 0 unspecified atom stereocenters. The van der Waals surface area contributed by atoms with Crippen LogP contribution in [0.4, 0.5) is 11.4 Å². The number of benzene rings is 2. The van der Waals surface area contributed by atoms with Crippen LogP contribution in [0, 0.1) is 0 Å². The minimum atomic E-state index is -0.103. The van der Waals surface area contributed by atoms with E-state index in [1.165, 1.54) is 11.3 Å². The third-order valence-corrected chi connectivity index (χ3v) is 5.48. The molecule has 6 heteroatoms. The molecule has 1 aliphatic heterocycles. The third-order valence-electron chi connectivity index (χ3n) is 5.48. The van der Waals surface area contributed by atoms with Gasteiger partial charge in [0.05, 0.1) is 11.2 Å². The summed E-state index contributed by atoms with van der Waals surface area (Å²) in [6.07, 6.45) is 7.24. The standard InChI is InChI=1S/C24H25N5O/c1-26-15-19(14-25)16-6-8-22-17(12-16)4-3-11-29(22)23-9-10-28-21-7-5-18(13-20(21)23)24(30)27-2/h5-10,12-15H,3-4,11,25H2,1-2H3,(H,27,30). The van der Waals surface area contributed by atoms with Crippen LogP contribution in [-0.2, 0) is 6.42 Å². The molecule has 0 radical (unpaired) electrons. The van der Waals surface area contributed by atoms with E-state index in [9.17, 15) is 4.79 Å². The SMILES string of the molecule is CN=CC(=CN)c1ccc2c(c1)CCCN2c1ccnc2ccc(C(=O)NC)cc12. The number of nitrogens with zero attached hydrogens (tertiary/aromatic N) is 3. The number of nitrogens with one attached hydrogen (secondary N) is 1. The van der Waals surface area contributed by atoms with Crippen LogP contribution in [0.15, 0.2) is 59.9 Å². The number of amides is 1. The Morgan fingerprint density at radius 3 is 2.77 bits per heavy atom. The van der Waals surface area contributed by atoms with Gasteiger partial charge in [-0.05, 0) is 60.4 Å². The van der Waals surface area contributed by atoms with Gasteiger partial charge in [0, 0.05) is 61.5 Å². The Morgan fingerprint density at radius 1 is 1.17 bits per heavy atom. The first kappa shape index (κ1) is 19.6. The lowest BCUT2D eigenvalue weighted by Gasteiger charge is -2.32. The third kappa shape index (κ3) is 3.52. The number of rotatable bonds is 4. The van der Waals surface area contributed by atoms with Crippen molar-refractivity contribution in [1.82, 2.24) is 10.3 Å². The Bertz CT molecular complexity index is 1170. The van der Waals surface area contributed by atoms with Crippen molar-refractivity contribution in [2.24, 2.45) is 10.7 Å². The number of allylic oxidation sites excluding steroid dienone is 1. The zero-order valence-electron chi connectivity index (χ0n) is 17.2. The Balaban J connectivity index is 1.81. The molecule has 0 fully saturated rings. The molecule has 152 valence electrons. The van der Waals surface area contributed by atoms with Crippen molar-refractivity contribution in [2.45, 2.75) is 12.8 Å². The van der Waals surface area contributed by atoms with Gasteiger partial charge < -0.3 is 16.0 Å². The van der Waals surface area contributed by atoms with Crippen LogP contribution in [0.2, 0.25) is 0 Å². The van der Waals surface area contributed by atoms with Crippen molar-refractivity contribution in [3.63, 3.8) is 0 Å². The molecule has 3 aromatic rings. The van der Waals surface area contributed by atoms with E-state index in [1.807, 2.05) is 30.5 Å². The zero-order chi connectivity index (χ0) is 21.1. The second kappa shape index (κ2) is 8.37. The smallest absolute Gasteiger partial charge is 0.251 e. The molecule has 2 heterocycles. The zero-order valence-corrected chi connectivity index (χ0v) is 17.2. The molecule has 2 aromatic carbocycles. The lowest BCUT2D eigenvalue weighted by Crippen LogP contribution is -2.25. The van der Waals surface area contributed by atoms with E-state index in [1.54, 1.807) is 26.5 Å². The van der Waals surface area contributed by atoms with Crippen LogP contribution in [0.3, 0.4) is 0 Å². The number of hydrogen-bond acceptors (Lipinski definition) is 5. The van der Waals surface area contributed by atoms with Crippen LogP contribution in [0.5, 0.6) is 0 Å². The van der Waals surface area contributed by atoms with Crippen LogP contribution in [0.25, 0.3) is 16.5 Å². The summed E-state index contributed by atoms with van der Waals surface area (Å²) < 4.78 is 0. The molecular formula is C24H25N5O. The van der Waals surface area contributed by atoms with Gasteiger partial charge in [-0.25, -0.2) is 0 Å². The molecular weight excluding hydrogens is 374 g/mol. The molecule has 1 aliphatic rings. The molecule has 0 spiro atoms. The van der Waals surface area contributed by atoms with Gasteiger partial charge in [0.25, 0.3) is 5.91 Å². The van der Waals surface area contributed by atoms with Gasteiger partial charge in [-0.1, -0.05) is 6.07 Å². The molecule has 1 amide bonds. The van der Waals surface area contributed by atoms with Crippen LogP contribution >= 0.6 is 0 Å². The lowest BCUT2D eigenvalue weighted by molar-refractivity contribution is 0.0963. The largest absolute Gasteiger partial charge is 0.404 e. The molecule has 0 atom stereocenters. The van der Waals surface area contributed by atoms with Crippen molar-refractivity contribution in [2.75, 3.05) is 25.5 Å². The van der Waals surface area contributed by atoms with Crippen molar-refractivity contribution < 1.29 is 4.79 Å². The minimum absolute atomic E-state index is 0.103. The van der Waals surface area contributed by atoms with Crippen molar-refractivity contribution >= 4 is 40.0 Å². The fraction of sp³-hybridized carbons (Fsp3) is 0.208. The van der Waals surface area contributed by atoms with E-state index < -0.39 is 0 Å². The first-order valence-electron chi connectivity index (χ1n) is 10.0. The number of aliphatic imine (C=N–C) groups is 1. The molecule has 0 saturated carbocycles. The number of aromatic nitrogens is 1. The van der Waals surface area contributed by atoms with E-state index in [0.29, 0.717) is 5.56 Å². The Labute approximate surface area is 176 Å². The number of hydrogen-bond donors (Lipinski definition) is 2. The number of carbonyl (C=O) groups excluding carboxylic acids is 1. The normalized spacial score (nSPS) is 14.2. The Hall–Kier alpha value is -3.67.